The second-order valence-electron chi connectivity index (χ2n) is 4.59. The van der Waals surface area contributed by atoms with Gasteiger partial charge in [-0.05, 0) is 36.6 Å². The number of nitrogens with one attached hydrogen (secondary N) is 1. The maximum Gasteiger partial charge on any atom is 0.269 e. The van der Waals surface area contributed by atoms with Gasteiger partial charge < -0.3 is 14.8 Å². The normalized spacial score (nSPS) is 16.3. The van der Waals surface area contributed by atoms with E-state index in [2.05, 4.69) is 5.32 Å². The number of rotatable bonds is 3. The number of anilines is 1. The first-order chi connectivity index (χ1) is 10.3. The van der Waals surface area contributed by atoms with Crippen molar-refractivity contribution in [3.8, 4) is 11.5 Å². The number of hydrogen-bond donors (Lipinski definition) is 1. The number of amides is 1. The summed E-state index contributed by atoms with van der Waals surface area (Å²) in [7, 11) is 0. The van der Waals surface area contributed by atoms with Gasteiger partial charge in [0.1, 0.15) is 6.61 Å². The van der Waals surface area contributed by atoms with Crippen LogP contribution < -0.4 is 14.8 Å². The topological polar surface area (TPSA) is 47.6 Å². The van der Waals surface area contributed by atoms with Crippen LogP contribution in [0.15, 0.2) is 53.4 Å². The average molecular weight is 301 g/mol. The fourth-order valence-corrected chi connectivity index (χ4v) is 2.53. The van der Waals surface area contributed by atoms with Crippen molar-refractivity contribution in [2.75, 3.05) is 18.2 Å². The van der Waals surface area contributed by atoms with Crippen LogP contribution in [0.25, 0.3) is 0 Å². The van der Waals surface area contributed by atoms with Crippen molar-refractivity contribution in [1.29, 1.82) is 0 Å². The number of benzene rings is 2. The van der Waals surface area contributed by atoms with Crippen LogP contribution >= 0.6 is 11.8 Å². The van der Waals surface area contributed by atoms with Gasteiger partial charge in [0.25, 0.3) is 5.91 Å². The van der Waals surface area contributed by atoms with Crippen molar-refractivity contribution < 1.29 is 14.3 Å². The Bertz CT molecular complexity index is 659. The molecule has 0 saturated heterocycles. The molecule has 2 aromatic carbocycles. The molecule has 4 nitrogen and oxygen atoms in total. The zero-order chi connectivity index (χ0) is 14.7. The number of ether oxygens (including phenoxy) is 2. The van der Waals surface area contributed by atoms with Crippen molar-refractivity contribution >= 4 is 23.4 Å². The predicted molar refractivity (Wildman–Crippen MR) is 83.2 cm³/mol. The van der Waals surface area contributed by atoms with E-state index in [1.807, 2.05) is 48.7 Å². The highest BCUT2D eigenvalue weighted by Gasteiger charge is 2.27. The van der Waals surface area contributed by atoms with Crippen LogP contribution in [0.4, 0.5) is 5.69 Å². The molecule has 1 amide bonds. The Morgan fingerprint density at radius 3 is 2.81 bits per heavy atom. The minimum Gasteiger partial charge on any atom is -0.485 e. The summed E-state index contributed by atoms with van der Waals surface area (Å²) < 4.78 is 11.2. The Kier molecular flexibility index (Phi) is 4.01. The molecule has 1 N–H and O–H groups in total. The van der Waals surface area contributed by atoms with E-state index in [4.69, 9.17) is 9.47 Å². The summed E-state index contributed by atoms with van der Waals surface area (Å²) in [4.78, 5) is 13.4. The lowest BCUT2D eigenvalue weighted by Crippen LogP contribution is -2.40. The van der Waals surface area contributed by atoms with Gasteiger partial charge in [-0.2, -0.15) is 0 Å². The molecule has 1 heterocycles. The minimum absolute atomic E-state index is 0.206. The molecule has 5 heteroatoms. The molecule has 0 fully saturated rings. The Hall–Kier alpha value is -2.14. The molecule has 0 spiro atoms. The minimum atomic E-state index is -0.641. The second kappa shape index (κ2) is 6.10. The molecule has 3 rings (SSSR count). The first-order valence-electron chi connectivity index (χ1n) is 6.59. The van der Waals surface area contributed by atoms with E-state index in [1.165, 1.54) is 0 Å². The summed E-state index contributed by atoms with van der Waals surface area (Å²) in [6, 6.07) is 15.0. The average Bonchev–Trinajstić information content (AvgIpc) is 2.54. The van der Waals surface area contributed by atoms with E-state index in [0.29, 0.717) is 11.5 Å². The van der Waals surface area contributed by atoms with Crippen LogP contribution in [-0.4, -0.2) is 24.9 Å². The van der Waals surface area contributed by atoms with Gasteiger partial charge >= 0.3 is 0 Å². The Morgan fingerprint density at radius 2 is 2.00 bits per heavy atom. The van der Waals surface area contributed by atoms with Gasteiger partial charge in [0.15, 0.2) is 11.5 Å². The smallest absolute Gasteiger partial charge is 0.269 e. The van der Waals surface area contributed by atoms with Crippen molar-refractivity contribution in [1.82, 2.24) is 0 Å². The Balaban J connectivity index is 1.69. The van der Waals surface area contributed by atoms with E-state index in [1.54, 1.807) is 17.8 Å². The van der Waals surface area contributed by atoms with Gasteiger partial charge in [-0.25, -0.2) is 0 Å². The van der Waals surface area contributed by atoms with E-state index in [9.17, 15) is 4.79 Å². The van der Waals surface area contributed by atoms with Crippen LogP contribution in [0, 0.1) is 0 Å². The number of carbonyl (C=O) groups excluding carboxylic acids is 1. The molecule has 108 valence electrons. The first-order valence-corrected chi connectivity index (χ1v) is 7.82. The second-order valence-corrected chi connectivity index (χ2v) is 5.47. The monoisotopic (exact) mass is 301 g/mol. The summed E-state index contributed by atoms with van der Waals surface area (Å²) in [5.41, 5.74) is 0.759. The van der Waals surface area contributed by atoms with Crippen molar-refractivity contribution in [2.24, 2.45) is 0 Å². The van der Waals surface area contributed by atoms with Crippen molar-refractivity contribution in [3.63, 3.8) is 0 Å². The van der Waals surface area contributed by atoms with Gasteiger partial charge in [-0.1, -0.05) is 18.2 Å². The molecule has 1 atom stereocenters. The highest BCUT2D eigenvalue weighted by molar-refractivity contribution is 7.98. The fourth-order valence-electron chi connectivity index (χ4n) is 2.07. The molecular weight excluding hydrogens is 286 g/mol. The maximum absolute atomic E-state index is 12.3. The maximum atomic E-state index is 12.3. The van der Waals surface area contributed by atoms with E-state index >= 15 is 0 Å². The third-order valence-electron chi connectivity index (χ3n) is 3.14. The highest BCUT2D eigenvalue weighted by atomic mass is 32.2. The molecule has 1 aliphatic rings. The van der Waals surface area contributed by atoms with Crippen molar-refractivity contribution in [2.45, 2.75) is 11.0 Å². The zero-order valence-corrected chi connectivity index (χ0v) is 12.4. The standard InChI is InChI=1S/C16H15NO3S/c1-21-12-6-4-5-11(9-12)17-16(18)15-10-19-13-7-2-3-8-14(13)20-15/h2-9,15H,10H2,1H3,(H,17,18). The van der Waals surface area contributed by atoms with Gasteiger partial charge in [-0.3, -0.25) is 4.79 Å². The lowest BCUT2D eigenvalue weighted by atomic mass is 10.2. The fraction of sp³-hybridized carbons (Fsp3) is 0.188. The Morgan fingerprint density at radius 1 is 1.19 bits per heavy atom. The van der Waals surface area contributed by atoms with Crippen LogP contribution in [0.2, 0.25) is 0 Å². The Labute approximate surface area is 127 Å². The van der Waals surface area contributed by atoms with E-state index in [-0.39, 0.29) is 12.5 Å². The van der Waals surface area contributed by atoms with E-state index in [0.717, 1.165) is 10.6 Å². The SMILES string of the molecule is CSc1cccc(NC(=O)C2COc3ccccc3O2)c1. The van der Waals surface area contributed by atoms with Crippen LogP contribution in [-0.2, 0) is 4.79 Å². The number of carbonyl (C=O) groups is 1. The van der Waals surface area contributed by atoms with Gasteiger partial charge in [-0.15, -0.1) is 11.8 Å². The third kappa shape index (κ3) is 3.13. The summed E-state index contributed by atoms with van der Waals surface area (Å²) >= 11 is 1.63. The number of fused-ring (bicyclic) bond motifs is 1. The number of thioether (sulfide) groups is 1. The largest absolute Gasteiger partial charge is 0.485 e. The summed E-state index contributed by atoms with van der Waals surface area (Å²) in [6.45, 7) is 0.213. The zero-order valence-electron chi connectivity index (χ0n) is 11.5. The van der Waals surface area contributed by atoms with Gasteiger partial charge in [0.05, 0.1) is 0 Å². The van der Waals surface area contributed by atoms with E-state index < -0.39 is 6.10 Å². The molecule has 0 radical (unpaired) electrons. The third-order valence-corrected chi connectivity index (χ3v) is 3.86. The van der Waals surface area contributed by atoms with Crippen LogP contribution in [0.5, 0.6) is 11.5 Å². The van der Waals surface area contributed by atoms with Crippen LogP contribution in [0.3, 0.4) is 0 Å². The highest BCUT2D eigenvalue weighted by Crippen LogP contribution is 2.31. The first kappa shape index (κ1) is 13.8. The molecule has 0 bridgehead atoms. The summed E-state index contributed by atoms with van der Waals surface area (Å²) in [6.07, 6.45) is 1.36. The number of para-hydroxylation sites is 2. The lowest BCUT2D eigenvalue weighted by molar-refractivity contribution is -0.125. The summed E-state index contributed by atoms with van der Waals surface area (Å²) in [5.74, 6) is 1.07. The lowest BCUT2D eigenvalue weighted by Gasteiger charge is -2.25. The molecule has 1 aliphatic heterocycles. The van der Waals surface area contributed by atoms with Crippen molar-refractivity contribution in [3.05, 3.63) is 48.5 Å². The molecule has 0 aromatic heterocycles. The molecular formula is C16H15NO3S. The molecule has 0 saturated carbocycles. The summed E-state index contributed by atoms with van der Waals surface area (Å²) in [5, 5.41) is 2.86. The van der Waals surface area contributed by atoms with Crippen LogP contribution in [0.1, 0.15) is 0 Å². The molecule has 21 heavy (non-hydrogen) atoms. The quantitative estimate of drug-likeness (QED) is 0.885. The molecule has 1 unspecified atom stereocenters. The molecule has 0 aliphatic carbocycles. The molecule has 2 aromatic rings. The van der Waals surface area contributed by atoms with Gasteiger partial charge in [0, 0.05) is 10.6 Å². The van der Waals surface area contributed by atoms with Gasteiger partial charge in [0.2, 0.25) is 6.10 Å². The predicted octanol–water partition coefficient (Wildman–Crippen LogP) is 3.19. The number of hydrogen-bond acceptors (Lipinski definition) is 4.